The molecule has 27 heavy (non-hydrogen) atoms. The Morgan fingerprint density at radius 3 is 2.56 bits per heavy atom. The first-order chi connectivity index (χ1) is 12.8. The highest BCUT2D eigenvalue weighted by Crippen LogP contribution is 2.20. The van der Waals surface area contributed by atoms with Crippen LogP contribution in [-0.2, 0) is 20.8 Å². The van der Waals surface area contributed by atoms with Crippen molar-refractivity contribution in [3.63, 3.8) is 0 Å². The minimum Gasteiger partial charge on any atom is -0.480 e. The number of hydrogen-bond acceptors (Lipinski definition) is 4. The van der Waals surface area contributed by atoms with Crippen molar-refractivity contribution in [2.45, 2.75) is 57.7 Å². The zero-order valence-electron chi connectivity index (χ0n) is 15.9. The Labute approximate surface area is 159 Å². The SMILES string of the molecule is CCC(C)C(NC(=O)C1CCCN1C(=O)C(N)Cc1ccccc1)C(=O)O. The molecule has 1 aliphatic rings. The van der Waals surface area contributed by atoms with Crippen LogP contribution in [0.1, 0.15) is 38.7 Å². The normalized spacial score (nSPS) is 20.0. The van der Waals surface area contributed by atoms with Gasteiger partial charge in [0.25, 0.3) is 0 Å². The molecular weight excluding hydrogens is 346 g/mol. The van der Waals surface area contributed by atoms with E-state index in [1.54, 1.807) is 6.92 Å². The number of nitrogens with zero attached hydrogens (tertiary/aromatic N) is 1. The van der Waals surface area contributed by atoms with Gasteiger partial charge in [-0.2, -0.15) is 0 Å². The van der Waals surface area contributed by atoms with Crippen molar-refractivity contribution in [2.24, 2.45) is 11.7 Å². The van der Waals surface area contributed by atoms with E-state index in [-0.39, 0.29) is 11.8 Å². The van der Waals surface area contributed by atoms with Crippen molar-refractivity contribution >= 4 is 17.8 Å². The van der Waals surface area contributed by atoms with Gasteiger partial charge in [0.1, 0.15) is 12.1 Å². The van der Waals surface area contributed by atoms with E-state index in [2.05, 4.69) is 5.32 Å². The molecule has 0 saturated carbocycles. The molecule has 0 bridgehead atoms. The van der Waals surface area contributed by atoms with Crippen LogP contribution in [-0.4, -0.2) is 52.5 Å². The van der Waals surface area contributed by atoms with Crippen molar-refractivity contribution in [3.05, 3.63) is 35.9 Å². The van der Waals surface area contributed by atoms with E-state index in [1.165, 1.54) is 4.90 Å². The molecule has 1 saturated heterocycles. The lowest BCUT2D eigenvalue weighted by atomic mass is 9.98. The molecule has 2 amide bonds. The van der Waals surface area contributed by atoms with Crippen LogP contribution in [0.2, 0.25) is 0 Å². The number of nitrogens with two attached hydrogens (primary N) is 1. The topological polar surface area (TPSA) is 113 Å². The molecule has 0 spiro atoms. The molecule has 7 heteroatoms. The summed E-state index contributed by atoms with van der Waals surface area (Å²) >= 11 is 0. The van der Waals surface area contributed by atoms with E-state index >= 15 is 0 Å². The van der Waals surface area contributed by atoms with Gasteiger partial charge in [-0.1, -0.05) is 50.6 Å². The van der Waals surface area contributed by atoms with Gasteiger partial charge in [0.05, 0.1) is 6.04 Å². The Bertz CT molecular complexity index is 664. The molecule has 148 valence electrons. The zero-order valence-corrected chi connectivity index (χ0v) is 15.9. The molecule has 4 atom stereocenters. The molecule has 1 aliphatic heterocycles. The lowest BCUT2D eigenvalue weighted by Crippen LogP contribution is -2.55. The van der Waals surface area contributed by atoms with Crippen molar-refractivity contribution < 1.29 is 19.5 Å². The summed E-state index contributed by atoms with van der Waals surface area (Å²) in [5, 5.41) is 12.0. The van der Waals surface area contributed by atoms with Crippen LogP contribution in [0.5, 0.6) is 0 Å². The second-order valence-electron chi connectivity index (χ2n) is 7.20. The molecule has 4 unspecified atom stereocenters. The first kappa shape index (κ1) is 20.9. The summed E-state index contributed by atoms with van der Waals surface area (Å²) in [6, 6.07) is 7.14. The minimum atomic E-state index is -1.06. The number of rotatable bonds is 8. The van der Waals surface area contributed by atoms with Crippen molar-refractivity contribution in [3.8, 4) is 0 Å². The number of amides is 2. The maximum atomic E-state index is 12.8. The molecule has 1 aromatic rings. The number of aliphatic carboxylic acids is 1. The molecule has 1 heterocycles. The molecule has 4 N–H and O–H groups in total. The number of carbonyl (C=O) groups is 3. The Kier molecular flexibility index (Phi) is 7.36. The molecule has 0 aromatic heterocycles. The molecule has 0 aliphatic carbocycles. The number of carbonyl (C=O) groups excluding carboxylic acids is 2. The smallest absolute Gasteiger partial charge is 0.326 e. The summed E-state index contributed by atoms with van der Waals surface area (Å²) < 4.78 is 0. The third kappa shape index (κ3) is 5.29. The Balaban J connectivity index is 2.03. The summed E-state index contributed by atoms with van der Waals surface area (Å²) in [6.07, 6.45) is 2.24. The Morgan fingerprint density at radius 1 is 1.30 bits per heavy atom. The van der Waals surface area contributed by atoms with Crippen LogP contribution < -0.4 is 11.1 Å². The van der Waals surface area contributed by atoms with E-state index in [0.29, 0.717) is 32.2 Å². The van der Waals surface area contributed by atoms with Crippen molar-refractivity contribution in [1.29, 1.82) is 0 Å². The standard InChI is InChI=1S/C20H29N3O4/c1-3-13(2)17(20(26)27)22-18(24)16-10-7-11-23(16)19(25)15(21)12-14-8-5-4-6-9-14/h4-6,8-9,13,15-17H,3,7,10-12,21H2,1-2H3,(H,22,24)(H,26,27). The Morgan fingerprint density at radius 2 is 1.96 bits per heavy atom. The van der Waals surface area contributed by atoms with Crippen LogP contribution in [0.3, 0.4) is 0 Å². The summed E-state index contributed by atoms with van der Waals surface area (Å²) in [7, 11) is 0. The number of carboxylic acid groups (broad SMARTS) is 1. The summed E-state index contributed by atoms with van der Waals surface area (Å²) in [6.45, 7) is 4.12. The van der Waals surface area contributed by atoms with Crippen LogP contribution in [0.25, 0.3) is 0 Å². The van der Waals surface area contributed by atoms with Crippen molar-refractivity contribution in [1.82, 2.24) is 10.2 Å². The summed E-state index contributed by atoms with van der Waals surface area (Å²) in [5.41, 5.74) is 7.05. The molecule has 1 fully saturated rings. The zero-order chi connectivity index (χ0) is 20.0. The van der Waals surface area contributed by atoms with Gasteiger partial charge < -0.3 is 21.1 Å². The van der Waals surface area contributed by atoms with E-state index in [0.717, 1.165) is 5.56 Å². The van der Waals surface area contributed by atoms with Gasteiger partial charge in [-0.3, -0.25) is 9.59 Å². The first-order valence-electron chi connectivity index (χ1n) is 9.48. The Hall–Kier alpha value is -2.41. The summed E-state index contributed by atoms with van der Waals surface area (Å²) in [5.74, 6) is -1.95. The van der Waals surface area contributed by atoms with E-state index in [9.17, 15) is 19.5 Å². The molecule has 1 aromatic carbocycles. The second-order valence-corrected chi connectivity index (χ2v) is 7.20. The molecule has 7 nitrogen and oxygen atoms in total. The molecule has 2 rings (SSSR count). The fourth-order valence-corrected chi connectivity index (χ4v) is 3.40. The number of nitrogens with one attached hydrogen (secondary N) is 1. The fourth-order valence-electron chi connectivity index (χ4n) is 3.40. The third-order valence-corrected chi connectivity index (χ3v) is 5.23. The highest BCUT2D eigenvalue weighted by atomic mass is 16.4. The first-order valence-corrected chi connectivity index (χ1v) is 9.48. The van der Waals surface area contributed by atoms with Gasteiger partial charge in [-0.15, -0.1) is 0 Å². The van der Waals surface area contributed by atoms with Crippen LogP contribution in [0, 0.1) is 5.92 Å². The van der Waals surface area contributed by atoms with E-state index in [1.807, 2.05) is 37.3 Å². The maximum Gasteiger partial charge on any atom is 0.326 e. The van der Waals surface area contributed by atoms with E-state index < -0.39 is 30.0 Å². The third-order valence-electron chi connectivity index (χ3n) is 5.23. The van der Waals surface area contributed by atoms with E-state index in [4.69, 9.17) is 5.73 Å². The van der Waals surface area contributed by atoms with Gasteiger partial charge in [-0.25, -0.2) is 4.79 Å². The minimum absolute atomic E-state index is 0.197. The van der Waals surface area contributed by atoms with Crippen LogP contribution in [0.15, 0.2) is 30.3 Å². The monoisotopic (exact) mass is 375 g/mol. The van der Waals surface area contributed by atoms with Gasteiger partial charge in [0, 0.05) is 6.54 Å². The average molecular weight is 375 g/mol. The lowest BCUT2D eigenvalue weighted by Gasteiger charge is -2.29. The fraction of sp³-hybridized carbons (Fsp3) is 0.550. The average Bonchev–Trinajstić information content (AvgIpc) is 3.15. The van der Waals surface area contributed by atoms with Gasteiger partial charge >= 0.3 is 5.97 Å². The lowest BCUT2D eigenvalue weighted by molar-refractivity contribution is -0.145. The summed E-state index contributed by atoms with van der Waals surface area (Å²) in [4.78, 5) is 38.4. The number of carboxylic acids is 1. The maximum absolute atomic E-state index is 12.8. The second kappa shape index (κ2) is 9.50. The van der Waals surface area contributed by atoms with Crippen molar-refractivity contribution in [2.75, 3.05) is 6.54 Å². The van der Waals surface area contributed by atoms with Crippen LogP contribution in [0.4, 0.5) is 0 Å². The highest BCUT2D eigenvalue weighted by molar-refractivity contribution is 5.92. The quantitative estimate of drug-likeness (QED) is 0.631. The van der Waals surface area contributed by atoms with Crippen LogP contribution >= 0.6 is 0 Å². The van der Waals surface area contributed by atoms with Gasteiger partial charge in [0.15, 0.2) is 0 Å². The predicted octanol–water partition coefficient (Wildman–Crippen LogP) is 1.16. The highest BCUT2D eigenvalue weighted by Gasteiger charge is 2.38. The van der Waals surface area contributed by atoms with Gasteiger partial charge in [-0.05, 0) is 30.7 Å². The molecule has 0 radical (unpaired) electrons. The number of likely N-dealkylation sites (tertiary alicyclic amines) is 1. The number of benzene rings is 1. The molecular formula is C20H29N3O4. The largest absolute Gasteiger partial charge is 0.480 e. The number of hydrogen-bond donors (Lipinski definition) is 3. The predicted molar refractivity (Wildman–Crippen MR) is 102 cm³/mol. The van der Waals surface area contributed by atoms with Gasteiger partial charge in [0.2, 0.25) is 11.8 Å².